The minimum absolute atomic E-state index is 0.0627. The van der Waals surface area contributed by atoms with Crippen LogP contribution in [0.2, 0.25) is 0 Å². The molecule has 0 aliphatic heterocycles. The molecule has 2 unspecified atom stereocenters. The number of nitrogens with one attached hydrogen (secondary N) is 2. The summed E-state index contributed by atoms with van der Waals surface area (Å²) in [6, 6.07) is 12.0. The van der Waals surface area contributed by atoms with Crippen LogP contribution < -0.4 is 10.6 Å². The van der Waals surface area contributed by atoms with Gasteiger partial charge >= 0.3 is 0 Å². The minimum Gasteiger partial charge on any atom is -0.326 e. The Morgan fingerprint density at radius 1 is 0.926 bits per heavy atom. The third kappa shape index (κ3) is 4.21. The van der Waals surface area contributed by atoms with E-state index >= 15 is 0 Å². The molecule has 0 aromatic heterocycles. The van der Waals surface area contributed by atoms with Crippen LogP contribution in [0.25, 0.3) is 0 Å². The Bertz CT molecular complexity index is 886. The molecule has 4 nitrogen and oxygen atoms in total. The van der Waals surface area contributed by atoms with Crippen molar-refractivity contribution in [2.45, 2.75) is 47.0 Å². The molecule has 2 aromatic rings. The predicted octanol–water partition coefficient (Wildman–Crippen LogP) is 4.95. The van der Waals surface area contributed by atoms with Gasteiger partial charge in [0.15, 0.2) is 0 Å². The zero-order chi connectivity index (χ0) is 19.7. The van der Waals surface area contributed by atoms with Gasteiger partial charge in [-0.05, 0) is 61.4 Å². The summed E-state index contributed by atoms with van der Waals surface area (Å²) in [6.07, 6.45) is 0.603. The second-order valence-electron chi connectivity index (χ2n) is 7.94. The fourth-order valence-electron chi connectivity index (χ4n) is 3.43. The number of carbonyl (C=O) groups is 2. The number of rotatable bonds is 5. The summed E-state index contributed by atoms with van der Waals surface area (Å²) in [5, 5.41) is 6.06. The van der Waals surface area contributed by atoms with Gasteiger partial charge in [-0.2, -0.15) is 0 Å². The van der Waals surface area contributed by atoms with Crippen LogP contribution in [0.3, 0.4) is 0 Å². The maximum atomic E-state index is 12.7. The molecule has 1 saturated carbocycles. The van der Waals surface area contributed by atoms with Crippen molar-refractivity contribution < 1.29 is 9.59 Å². The number of para-hydroxylation sites is 1. The molecule has 0 bridgehead atoms. The minimum atomic E-state index is -0.255. The molecule has 2 atom stereocenters. The first-order valence-electron chi connectivity index (χ1n) is 9.56. The molecule has 27 heavy (non-hydrogen) atoms. The Kier molecular flexibility index (Phi) is 5.36. The van der Waals surface area contributed by atoms with E-state index < -0.39 is 0 Å². The van der Waals surface area contributed by atoms with Gasteiger partial charge in [0, 0.05) is 11.4 Å². The quantitative estimate of drug-likeness (QED) is 0.789. The number of hydrogen-bond donors (Lipinski definition) is 2. The Labute approximate surface area is 161 Å². The number of hydrogen-bond acceptors (Lipinski definition) is 2. The third-order valence-electron chi connectivity index (χ3n) is 5.29. The Balaban J connectivity index is 1.66. The van der Waals surface area contributed by atoms with E-state index in [1.54, 1.807) is 0 Å². The van der Waals surface area contributed by atoms with Crippen LogP contribution in [-0.4, -0.2) is 11.8 Å². The Hall–Kier alpha value is -2.62. The zero-order valence-corrected chi connectivity index (χ0v) is 16.7. The van der Waals surface area contributed by atoms with Gasteiger partial charge in [0.1, 0.15) is 0 Å². The van der Waals surface area contributed by atoms with Crippen molar-refractivity contribution in [2.24, 2.45) is 11.8 Å². The second-order valence-corrected chi connectivity index (χ2v) is 7.94. The highest BCUT2D eigenvalue weighted by atomic mass is 16.2. The van der Waals surface area contributed by atoms with E-state index in [4.69, 9.17) is 0 Å². The molecule has 0 spiro atoms. The van der Waals surface area contributed by atoms with Crippen LogP contribution in [-0.2, 0) is 9.59 Å². The smallest absolute Gasteiger partial charge is 0.228 e. The summed E-state index contributed by atoms with van der Waals surface area (Å²) >= 11 is 0. The molecule has 2 amide bonds. The molecule has 1 aliphatic carbocycles. The maximum Gasteiger partial charge on any atom is 0.228 e. The van der Waals surface area contributed by atoms with Crippen LogP contribution in [0.1, 0.15) is 48.4 Å². The van der Waals surface area contributed by atoms with Gasteiger partial charge in [-0.3, -0.25) is 9.59 Å². The lowest BCUT2D eigenvalue weighted by molar-refractivity contribution is -0.122. The molecular weight excluding hydrogens is 336 g/mol. The van der Waals surface area contributed by atoms with Crippen molar-refractivity contribution in [3.8, 4) is 0 Å². The monoisotopic (exact) mass is 364 g/mol. The van der Waals surface area contributed by atoms with E-state index in [-0.39, 0.29) is 23.7 Å². The zero-order valence-electron chi connectivity index (χ0n) is 16.7. The third-order valence-corrected chi connectivity index (χ3v) is 5.29. The molecule has 1 aliphatic rings. The number of benzene rings is 2. The highest BCUT2D eigenvalue weighted by Crippen LogP contribution is 2.41. The summed E-state index contributed by atoms with van der Waals surface area (Å²) in [5.41, 5.74) is 6.01. The van der Waals surface area contributed by atoms with E-state index in [1.165, 1.54) is 0 Å². The van der Waals surface area contributed by atoms with Crippen molar-refractivity contribution >= 4 is 23.2 Å². The highest BCUT2D eigenvalue weighted by Gasteiger charge is 2.48. The largest absolute Gasteiger partial charge is 0.326 e. The molecule has 0 saturated heterocycles. The van der Waals surface area contributed by atoms with E-state index in [1.807, 2.05) is 57.2 Å². The van der Waals surface area contributed by atoms with Gasteiger partial charge in [0.05, 0.1) is 11.8 Å². The van der Waals surface area contributed by atoms with Gasteiger partial charge in [0.2, 0.25) is 11.8 Å². The number of amides is 2. The molecule has 4 heteroatoms. The van der Waals surface area contributed by atoms with Crippen molar-refractivity contribution in [1.82, 2.24) is 0 Å². The van der Waals surface area contributed by atoms with Crippen molar-refractivity contribution in [3.05, 3.63) is 58.7 Å². The number of anilines is 2. The van der Waals surface area contributed by atoms with E-state index in [2.05, 4.69) is 24.5 Å². The lowest BCUT2D eigenvalue weighted by Gasteiger charge is -2.16. The van der Waals surface area contributed by atoms with Gasteiger partial charge < -0.3 is 10.6 Å². The van der Waals surface area contributed by atoms with Gasteiger partial charge in [0.25, 0.3) is 0 Å². The van der Waals surface area contributed by atoms with Crippen LogP contribution >= 0.6 is 0 Å². The van der Waals surface area contributed by atoms with Crippen molar-refractivity contribution in [2.75, 3.05) is 10.6 Å². The normalized spacial score (nSPS) is 18.3. The average molecular weight is 364 g/mol. The van der Waals surface area contributed by atoms with Gasteiger partial charge in [-0.25, -0.2) is 0 Å². The van der Waals surface area contributed by atoms with Gasteiger partial charge in [-0.1, -0.05) is 44.2 Å². The van der Waals surface area contributed by atoms with Gasteiger partial charge in [-0.15, -0.1) is 0 Å². The summed E-state index contributed by atoms with van der Waals surface area (Å²) in [5.74, 6) is -0.320. The lowest BCUT2D eigenvalue weighted by Crippen LogP contribution is -2.22. The van der Waals surface area contributed by atoms with E-state index in [0.29, 0.717) is 12.3 Å². The fraction of sp³-hybridized carbons (Fsp3) is 0.391. The van der Waals surface area contributed by atoms with Crippen LogP contribution in [0.4, 0.5) is 11.4 Å². The second kappa shape index (κ2) is 7.55. The number of aryl methyl sites for hydroxylation is 3. The Morgan fingerprint density at radius 3 is 2.26 bits per heavy atom. The Morgan fingerprint density at radius 2 is 1.59 bits per heavy atom. The standard InChI is InChI=1S/C23H28N2O2/c1-13(2)17-8-6-7-16(5)21(17)25-23(27)19-12-18(19)22(26)24-20-11-14(3)9-10-15(20)4/h6-11,13,18-19H,12H2,1-5H3,(H,24,26)(H,25,27). The maximum absolute atomic E-state index is 12.7. The van der Waals surface area contributed by atoms with Crippen LogP contribution in [0, 0.1) is 32.6 Å². The molecule has 2 aromatic carbocycles. The van der Waals surface area contributed by atoms with E-state index in [9.17, 15) is 9.59 Å². The van der Waals surface area contributed by atoms with Crippen LogP contribution in [0.15, 0.2) is 36.4 Å². The average Bonchev–Trinajstić information content (AvgIpc) is 3.40. The first-order chi connectivity index (χ1) is 12.8. The molecule has 0 heterocycles. The summed E-state index contributed by atoms with van der Waals surface area (Å²) < 4.78 is 0. The van der Waals surface area contributed by atoms with E-state index in [0.717, 1.165) is 33.6 Å². The lowest BCUT2D eigenvalue weighted by atomic mass is 9.98. The topological polar surface area (TPSA) is 58.2 Å². The summed E-state index contributed by atoms with van der Waals surface area (Å²) in [4.78, 5) is 25.3. The predicted molar refractivity (Wildman–Crippen MR) is 110 cm³/mol. The molecule has 1 fully saturated rings. The first-order valence-corrected chi connectivity index (χ1v) is 9.56. The summed E-state index contributed by atoms with van der Waals surface area (Å²) in [6.45, 7) is 10.2. The van der Waals surface area contributed by atoms with Crippen molar-refractivity contribution in [3.63, 3.8) is 0 Å². The molecule has 142 valence electrons. The first kappa shape index (κ1) is 19.2. The molecule has 3 rings (SSSR count). The molecule has 2 N–H and O–H groups in total. The molecular formula is C23H28N2O2. The fourth-order valence-corrected chi connectivity index (χ4v) is 3.43. The SMILES string of the molecule is Cc1ccc(C)c(NC(=O)C2CC2C(=O)Nc2c(C)cccc2C(C)C)c1. The van der Waals surface area contributed by atoms with Crippen LogP contribution in [0.5, 0.6) is 0 Å². The summed E-state index contributed by atoms with van der Waals surface area (Å²) in [7, 11) is 0. The van der Waals surface area contributed by atoms with Crippen molar-refractivity contribution in [1.29, 1.82) is 0 Å². The number of carbonyl (C=O) groups excluding carboxylic acids is 2. The molecule has 0 radical (unpaired) electrons. The highest BCUT2D eigenvalue weighted by molar-refractivity contribution is 6.04.